The second kappa shape index (κ2) is 13.0. The molecule has 1 aromatic heterocycles. The molecule has 4 rings (SSSR count). The molecule has 0 bridgehead atoms. The van der Waals surface area contributed by atoms with Crippen LogP contribution in [0, 0.1) is 10.7 Å². The highest BCUT2D eigenvalue weighted by atomic mass is 35.5. The summed E-state index contributed by atoms with van der Waals surface area (Å²) >= 11 is 11.1. The Bertz CT molecular complexity index is 1510. The van der Waals surface area contributed by atoms with Gasteiger partial charge in [0.2, 0.25) is 0 Å². The molecule has 1 aliphatic heterocycles. The van der Waals surface area contributed by atoms with Gasteiger partial charge in [-0.1, -0.05) is 48.9 Å². The Balaban J connectivity index is 1.49. The summed E-state index contributed by atoms with van der Waals surface area (Å²) in [5.74, 6) is -1.31. The highest BCUT2D eigenvalue weighted by molar-refractivity contribution is 7.71. The van der Waals surface area contributed by atoms with Crippen molar-refractivity contribution in [2.24, 2.45) is 5.92 Å². The monoisotopic (exact) mass is 624 g/mol. The number of nitrogens with one attached hydrogen (secondary N) is 1. The zero-order valence-electron chi connectivity index (χ0n) is 22.2. The molecule has 0 aliphatic carbocycles. The summed E-state index contributed by atoms with van der Waals surface area (Å²) in [6.07, 6.45) is -2.89. The molecule has 1 fully saturated rings. The minimum absolute atomic E-state index is 0.0314. The predicted molar refractivity (Wildman–Crippen MR) is 152 cm³/mol. The average Bonchev–Trinajstić information content (AvgIpc) is 3.16. The molecule has 14 heteroatoms. The number of carbonyl (C=O) groups excluding carboxylic acids is 1. The van der Waals surface area contributed by atoms with Gasteiger partial charge in [0.25, 0.3) is 5.56 Å². The Morgan fingerprint density at radius 2 is 1.90 bits per heavy atom. The first kappa shape index (κ1) is 31.1. The minimum atomic E-state index is -4.08. The van der Waals surface area contributed by atoms with E-state index < -0.39 is 55.7 Å². The highest BCUT2D eigenvalue weighted by Gasteiger charge is 2.53. The maximum Gasteiger partial charge on any atom is 0.380 e. The Hall–Kier alpha value is -2.83. The molecule has 0 saturated carbocycles. The second-order valence-electron chi connectivity index (χ2n) is 9.84. The van der Waals surface area contributed by atoms with Gasteiger partial charge in [0.1, 0.15) is 30.2 Å². The maximum absolute atomic E-state index is 14.0. The lowest BCUT2D eigenvalue weighted by Gasteiger charge is -2.28. The van der Waals surface area contributed by atoms with E-state index in [2.05, 4.69) is 4.98 Å². The summed E-state index contributed by atoms with van der Waals surface area (Å²) in [7, 11) is -4.08. The van der Waals surface area contributed by atoms with Crippen LogP contribution in [0.1, 0.15) is 25.6 Å². The van der Waals surface area contributed by atoms with Crippen molar-refractivity contribution in [3.8, 4) is 5.75 Å². The summed E-state index contributed by atoms with van der Waals surface area (Å²) in [5.41, 5.74) is -1.51. The molecule has 2 unspecified atom stereocenters. The van der Waals surface area contributed by atoms with E-state index >= 15 is 0 Å². The van der Waals surface area contributed by atoms with Crippen LogP contribution < -0.4 is 10.1 Å². The van der Waals surface area contributed by atoms with Gasteiger partial charge in [0.05, 0.1) is 18.7 Å². The fourth-order valence-electron chi connectivity index (χ4n) is 4.23. The normalized spacial score (nSPS) is 24.4. The molecular formula is C27H30ClN2O9PS. The van der Waals surface area contributed by atoms with Crippen LogP contribution in [-0.4, -0.2) is 56.3 Å². The van der Waals surface area contributed by atoms with Crippen LogP contribution in [0.3, 0.4) is 0 Å². The van der Waals surface area contributed by atoms with E-state index in [0.29, 0.717) is 5.02 Å². The number of H-pyrrole nitrogens is 1. The Labute approximate surface area is 246 Å². The number of aromatic amines is 1. The molecule has 3 aromatic rings. The van der Waals surface area contributed by atoms with E-state index in [0.717, 1.165) is 5.56 Å². The van der Waals surface area contributed by atoms with Crippen molar-refractivity contribution in [1.29, 1.82) is 0 Å². The molecule has 2 aromatic carbocycles. The number of aliphatic hydroxyl groups is 2. The van der Waals surface area contributed by atoms with Crippen LogP contribution >= 0.6 is 31.4 Å². The summed E-state index contributed by atoms with van der Waals surface area (Å²) in [6, 6.07) is 16.4. The van der Waals surface area contributed by atoms with Crippen LogP contribution in [0.15, 0.2) is 71.7 Å². The number of hydrogen-bond acceptors (Lipinski definition) is 10. The van der Waals surface area contributed by atoms with Crippen LogP contribution in [0.2, 0.25) is 5.02 Å². The molecular weight excluding hydrogens is 595 g/mol. The van der Waals surface area contributed by atoms with E-state index in [-0.39, 0.29) is 23.3 Å². The summed E-state index contributed by atoms with van der Waals surface area (Å²) in [6.45, 7) is 2.44. The lowest BCUT2D eigenvalue weighted by atomic mass is 9.96. The number of rotatable bonds is 11. The van der Waals surface area contributed by atoms with Crippen LogP contribution in [0.25, 0.3) is 0 Å². The standard InChI is InChI=1S/C27H30ClN2O9PS/c1-17(24(33)36-14-18-6-4-3-5-7-18)16-40(35,39-20-10-8-19(28)9-11-20)37-15-21-23(32)27(2,34)25(38-21)30-13-12-22(31)29-26(30)41/h3-13,17,21,23,25,32,34H,14-16H2,1-2H3,(H,29,31,41)/t17-,21-,23+,25-,27?,40?/m1/s1. The fourth-order valence-corrected chi connectivity index (χ4v) is 6.48. The van der Waals surface area contributed by atoms with E-state index in [1.807, 2.05) is 30.3 Å². The smallest absolute Gasteiger partial charge is 0.380 e. The Kier molecular flexibility index (Phi) is 9.86. The molecule has 0 spiro atoms. The molecule has 3 N–H and O–H groups in total. The van der Waals surface area contributed by atoms with Gasteiger partial charge in [0, 0.05) is 17.3 Å². The Morgan fingerprint density at radius 3 is 2.56 bits per heavy atom. The van der Waals surface area contributed by atoms with Gasteiger partial charge in [0.15, 0.2) is 11.0 Å². The van der Waals surface area contributed by atoms with E-state index in [9.17, 15) is 24.4 Å². The summed E-state index contributed by atoms with van der Waals surface area (Å²) in [5, 5.41) is 22.3. The van der Waals surface area contributed by atoms with Gasteiger partial charge < -0.3 is 24.2 Å². The molecule has 6 atom stereocenters. The molecule has 41 heavy (non-hydrogen) atoms. The first-order chi connectivity index (χ1) is 19.4. The van der Waals surface area contributed by atoms with Gasteiger partial charge >= 0.3 is 13.6 Å². The lowest BCUT2D eigenvalue weighted by Crippen LogP contribution is -2.44. The number of aromatic nitrogens is 2. The predicted octanol–water partition coefficient (Wildman–Crippen LogP) is 4.24. The zero-order valence-corrected chi connectivity index (χ0v) is 24.7. The third kappa shape index (κ3) is 7.72. The molecule has 220 valence electrons. The van der Waals surface area contributed by atoms with Crippen LogP contribution in [0.5, 0.6) is 5.75 Å². The third-order valence-electron chi connectivity index (χ3n) is 6.48. The first-order valence-corrected chi connectivity index (χ1v) is 15.2. The van der Waals surface area contributed by atoms with Crippen LogP contribution in [0.4, 0.5) is 0 Å². The van der Waals surface area contributed by atoms with Crippen molar-refractivity contribution in [2.45, 2.75) is 44.5 Å². The average molecular weight is 625 g/mol. The second-order valence-corrected chi connectivity index (χ2v) is 12.7. The number of hydrogen-bond donors (Lipinski definition) is 3. The van der Waals surface area contributed by atoms with Gasteiger partial charge in [-0.05, 0) is 49.0 Å². The van der Waals surface area contributed by atoms with E-state index in [1.54, 1.807) is 0 Å². The maximum atomic E-state index is 14.0. The minimum Gasteiger partial charge on any atom is -0.461 e. The number of aliphatic hydroxyl groups excluding tert-OH is 1. The van der Waals surface area contributed by atoms with Crippen molar-refractivity contribution in [1.82, 2.24) is 9.55 Å². The summed E-state index contributed by atoms with van der Waals surface area (Å²) in [4.78, 5) is 26.7. The largest absolute Gasteiger partial charge is 0.461 e. The van der Waals surface area contributed by atoms with Gasteiger partial charge in [-0.2, -0.15) is 0 Å². The van der Waals surface area contributed by atoms with E-state index in [1.165, 1.54) is 54.9 Å². The SMILES string of the molecule is C[C@H](CP(=O)(OC[C@H]1O[C@@H](n2ccc(=O)[nH]c2=S)C(C)(O)[C@H]1O)Oc1ccc(Cl)cc1)C(=O)OCc1ccccc1. The lowest BCUT2D eigenvalue weighted by molar-refractivity contribution is -0.148. The quantitative estimate of drug-likeness (QED) is 0.161. The molecule has 2 heterocycles. The number of halogens is 1. The van der Waals surface area contributed by atoms with Crippen LogP contribution in [-0.2, 0) is 30.0 Å². The topological polar surface area (TPSA) is 149 Å². The third-order valence-corrected chi connectivity index (χ3v) is 9.07. The van der Waals surface area contributed by atoms with Gasteiger partial charge in [-0.25, -0.2) is 4.57 Å². The van der Waals surface area contributed by atoms with Gasteiger partial charge in [-0.15, -0.1) is 0 Å². The summed E-state index contributed by atoms with van der Waals surface area (Å²) < 4.78 is 37.9. The van der Waals surface area contributed by atoms with Gasteiger partial charge in [-0.3, -0.25) is 23.7 Å². The zero-order chi connectivity index (χ0) is 29.8. The van der Waals surface area contributed by atoms with Crippen molar-refractivity contribution in [2.75, 3.05) is 12.8 Å². The molecule has 11 nitrogen and oxygen atoms in total. The van der Waals surface area contributed by atoms with Crippen molar-refractivity contribution in [3.63, 3.8) is 0 Å². The molecule has 0 radical (unpaired) electrons. The number of ether oxygens (including phenoxy) is 2. The fraction of sp³-hybridized carbons (Fsp3) is 0.370. The van der Waals surface area contributed by atoms with Crippen molar-refractivity contribution >= 4 is 37.4 Å². The number of carbonyl (C=O) groups is 1. The number of nitrogens with zero attached hydrogens (tertiary/aromatic N) is 1. The molecule has 0 amide bonds. The highest BCUT2D eigenvalue weighted by Crippen LogP contribution is 2.51. The van der Waals surface area contributed by atoms with E-state index in [4.69, 9.17) is 42.3 Å². The molecule has 1 aliphatic rings. The molecule has 1 saturated heterocycles. The number of esters is 1. The number of benzene rings is 2. The first-order valence-electron chi connectivity index (χ1n) is 12.6. The van der Waals surface area contributed by atoms with Crippen molar-refractivity contribution < 1.29 is 38.1 Å². The Morgan fingerprint density at radius 1 is 1.22 bits per heavy atom. The van der Waals surface area contributed by atoms with Crippen molar-refractivity contribution in [3.05, 3.63) is 92.6 Å².